The lowest BCUT2D eigenvalue weighted by atomic mass is 10.2. The molecule has 0 atom stereocenters. The van der Waals surface area contributed by atoms with Crippen molar-refractivity contribution < 1.29 is 39.8 Å². The van der Waals surface area contributed by atoms with E-state index < -0.39 is 41.3 Å². The number of benzene rings is 1. The van der Waals surface area contributed by atoms with Gasteiger partial charge in [-0.3, -0.25) is 9.48 Å². The summed E-state index contributed by atoms with van der Waals surface area (Å²) in [5.41, 5.74) is 0.00669. The first-order chi connectivity index (χ1) is 15.6. The van der Waals surface area contributed by atoms with E-state index in [0.29, 0.717) is 3.97 Å². The number of carbonyl (C=O) groups excluding carboxylic acids is 1. The normalized spacial score (nSPS) is 11.5. The molecule has 0 aliphatic heterocycles. The number of hydrogen-bond acceptors (Lipinski definition) is 6. The van der Waals surface area contributed by atoms with E-state index in [1.807, 2.05) is 0 Å². The van der Waals surface area contributed by atoms with E-state index in [0.717, 1.165) is 18.5 Å². The molecule has 0 aliphatic rings. The Morgan fingerprint density at radius 1 is 1.15 bits per heavy atom. The topological polar surface area (TPSA) is 103 Å². The van der Waals surface area contributed by atoms with E-state index >= 15 is 0 Å². The van der Waals surface area contributed by atoms with Gasteiger partial charge in [-0.05, 0) is 12.1 Å². The number of alkyl halides is 2. The molecule has 0 saturated heterocycles. The minimum Gasteiger partial charge on any atom is -0.485 e. The van der Waals surface area contributed by atoms with E-state index in [1.54, 1.807) is 19.3 Å². The van der Waals surface area contributed by atoms with Crippen LogP contribution in [0.3, 0.4) is 0 Å². The fraction of sp³-hybridized carbons (Fsp3) is 0.250. The molecule has 1 amide bonds. The molecule has 0 saturated carbocycles. The number of nitrogens with zero attached hydrogens (tertiary/aromatic N) is 3. The number of pyridine rings is 1. The van der Waals surface area contributed by atoms with Crippen molar-refractivity contribution in [1.82, 2.24) is 9.78 Å². The summed E-state index contributed by atoms with van der Waals surface area (Å²) in [4.78, 5) is 12.7. The lowest BCUT2D eigenvalue weighted by Crippen LogP contribution is -2.44. The van der Waals surface area contributed by atoms with Gasteiger partial charge in [-0.2, -0.15) is 13.5 Å². The van der Waals surface area contributed by atoms with E-state index in [2.05, 4.69) is 10.4 Å². The predicted octanol–water partition coefficient (Wildman–Crippen LogP) is 2.39. The Hall–Kier alpha value is -3.61. The second-order valence-corrected chi connectivity index (χ2v) is 8.78. The highest BCUT2D eigenvalue weighted by atomic mass is 32.2. The van der Waals surface area contributed by atoms with Crippen LogP contribution in [-0.2, 0) is 17.1 Å². The number of aromatic nitrogens is 3. The van der Waals surface area contributed by atoms with Crippen LogP contribution in [0.2, 0.25) is 0 Å². The minimum atomic E-state index is -3.86. The third-order valence-electron chi connectivity index (χ3n) is 4.18. The molecule has 2 aromatic heterocycles. The summed E-state index contributed by atoms with van der Waals surface area (Å²) >= 11 is 0. The maximum absolute atomic E-state index is 14.2. The predicted molar refractivity (Wildman–Crippen MR) is 111 cm³/mol. The number of anilines is 1. The highest BCUT2D eigenvalue weighted by Crippen LogP contribution is 2.29. The SMILES string of the molecule is Cn1ccc(NC(=O)c2cc(Oc3cc[n+](S(C)(=O)=O)c(F)c3)cc(OC(CF)CF)c2)n1. The van der Waals surface area contributed by atoms with Crippen molar-refractivity contribution in [1.29, 1.82) is 0 Å². The molecular weight excluding hydrogens is 465 g/mol. The number of aryl methyl sites for hydroxylation is 1. The fourth-order valence-electron chi connectivity index (χ4n) is 2.71. The molecule has 9 nitrogen and oxygen atoms in total. The molecule has 33 heavy (non-hydrogen) atoms. The average Bonchev–Trinajstić information content (AvgIpc) is 3.15. The van der Waals surface area contributed by atoms with Crippen LogP contribution >= 0.6 is 0 Å². The Morgan fingerprint density at radius 2 is 1.85 bits per heavy atom. The minimum absolute atomic E-state index is 0.00669. The molecule has 13 heteroatoms. The lowest BCUT2D eigenvalue weighted by molar-refractivity contribution is -0.546. The second kappa shape index (κ2) is 9.90. The first-order valence-corrected chi connectivity index (χ1v) is 11.3. The van der Waals surface area contributed by atoms with Crippen molar-refractivity contribution in [3.63, 3.8) is 0 Å². The summed E-state index contributed by atoms with van der Waals surface area (Å²) in [5.74, 6) is -1.64. The maximum atomic E-state index is 14.2. The summed E-state index contributed by atoms with van der Waals surface area (Å²) in [6, 6.07) is 7.38. The second-order valence-electron chi connectivity index (χ2n) is 6.92. The van der Waals surface area contributed by atoms with Gasteiger partial charge in [0.05, 0.1) is 6.07 Å². The van der Waals surface area contributed by atoms with Gasteiger partial charge in [0, 0.05) is 37.0 Å². The fourth-order valence-corrected chi connectivity index (χ4v) is 3.36. The van der Waals surface area contributed by atoms with E-state index in [9.17, 15) is 26.4 Å². The molecule has 0 spiro atoms. The number of amides is 1. The molecule has 2 heterocycles. The summed E-state index contributed by atoms with van der Waals surface area (Å²) in [6.45, 7) is -2.21. The first kappa shape index (κ1) is 24.0. The Kier molecular flexibility index (Phi) is 7.21. The summed E-state index contributed by atoms with van der Waals surface area (Å²) in [7, 11) is -2.20. The van der Waals surface area contributed by atoms with E-state index in [1.165, 1.54) is 28.9 Å². The van der Waals surface area contributed by atoms with Gasteiger partial charge in [0.2, 0.25) is 0 Å². The number of hydrogen-bond donors (Lipinski definition) is 1. The van der Waals surface area contributed by atoms with Gasteiger partial charge < -0.3 is 14.8 Å². The number of nitrogens with one attached hydrogen (secondary N) is 1. The highest BCUT2D eigenvalue weighted by Gasteiger charge is 2.22. The number of ether oxygens (including phenoxy) is 2. The van der Waals surface area contributed by atoms with Crippen molar-refractivity contribution in [2.45, 2.75) is 6.10 Å². The van der Waals surface area contributed by atoms with Crippen molar-refractivity contribution in [2.24, 2.45) is 7.05 Å². The van der Waals surface area contributed by atoms with Crippen molar-refractivity contribution in [3.8, 4) is 17.2 Å². The summed E-state index contributed by atoms with van der Waals surface area (Å²) in [6.07, 6.45) is 2.01. The van der Waals surface area contributed by atoms with Gasteiger partial charge in [0.15, 0.2) is 18.1 Å². The number of carbonyl (C=O) groups is 1. The van der Waals surface area contributed by atoms with Crippen LogP contribution in [0.1, 0.15) is 10.4 Å². The number of halogens is 3. The molecule has 0 unspecified atom stereocenters. The van der Waals surface area contributed by atoms with Crippen LogP contribution in [0.5, 0.6) is 17.2 Å². The molecule has 0 bridgehead atoms. The van der Waals surface area contributed by atoms with Crippen LogP contribution in [0.4, 0.5) is 19.0 Å². The van der Waals surface area contributed by atoms with Crippen LogP contribution in [0.25, 0.3) is 0 Å². The Balaban J connectivity index is 1.93. The molecule has 176 valence electrons. The van der Waals surface area contributed by atoms with Crippen LogP contribution in [-0.4, -0.2) is 49.8 Å². The molecule has 3 aromatic rings. The quantitative estimate of drug-likeness (QED) is 0.369. The van der Waals surface area contributed by atoms with E-state index in [-0.39, 0.29) is 28.6 Å². The highest BCUT2D eigenvalue weighted by molar-refractivity contribution is 7.84. The third-order valence-corrected chi connectivity index (χ3v) is 5.19. The zero-order valence-electron chi connectivity index (χ0n) is 17.5. The standard InChI is InChI=1S/C20H19F3N4O5S/c1-26-5-4-19(25-26)24-20(28)13-7-15(9-16(8-13)32-17(11-21)12-22)31-14-3-6-27(18(23)10-14)33(2,29)30/h3-10,17H,11-12H2,1-2H3/p+1. The van der Waals surface area contributed by atoms with E-state index in [4.69, 9.17) is 9.47 Å². The Morgan fingerprint density at radius 3 is 2.42 bits per heavy atom. The summed E-state index contributed by atoms with van der Waals surface area (Å²) < 4.78 is 75.8. The monoisotopic (exact) mass is 485 g/mol. The lowest BCUT2D eigenvalue weighted by Gasteiger charge is -2.15. The first-order valence-electron chi connectivity index (χ1n) is 9.43. The molecular formula is C20H20F3N4O5S+. The zero-order chi connectivity index (χ0) is 24.2. The van der Waals surface area contributed by atoms with Crippen LogP contribution < -0.4 is 18.8 Å². The third kappa shape index (κ3) is 6.22. The van der Waals surface area contributed by atoms with Gasteiger partial charge in [0.1, 0.15) is 36.9 Å². The van der Waals surface area contributed by atoms with Gasteiger partial charge in [-0.15, -0.1) is 4.39 Å². The molecule has 0 aliphatic carbocycles. The molecule has 0 fully saturated rings. The van der Waals surface area contributed by atoms with Crippen LogP contribution in [0, 0.1) is 5.95 Å². The van der Waals surface area contributed by atoms with Crippen LogP contribution in [0.15, 0.2) is 48.8 Å². The zero-order valence-corrected chi connectivity index (χ0v) is 18.4. The maximum Gasteiger partial charge on any atom is 0.380 e. The Labute approximate surface area is 187 Å². The average molecular weight is 485 g/mol. The van der Waals surface area contributed by atoms with Gasteiger partial charge in [-0.1, -0.05) is 3.97 Å². The summed E-state index contributed by atoms with van der Waals surface area (Å²) in [5, 5.41) is 6.58. The van der Waals surface area contributed by atoms with Gasteiger partial charge in [-0.25, -0.2) is 8.78 Å². The van der Waals surface area contributed by atoms with Crippen molar-refractivity contribution in [2.75, 3.05) is 24.9 Å². The smallest absolute Gasteiger partial charge is 0.380 e. The molecule has 0 radical (unpaired) electrons. The molecule has 1 aromatic carbocycles. The van der Waals surface area contributed by atoms with Crippen molar-refractivity contribution in [3.05, 3.63) is 60.3 Å². The molecule has 1 N–H and O–H groups in total. The largest absolute Gasteiger partial charge is 0.485 e. The molecule has 3 rings (SSSR count). The Bertz CT molecular complexity index is 1260. The van der Waals surface area contributed by atoms with Gasteiger partial charge in [0.25, 0.3) is 5.91 Å². The van der Waals surface area contributed by atoms with Crippen molar-refractivity contribution >= 4 is 21.7 Å². The van der Waals surface area contributed by atoms with Gasteiger partial charge >= 0.3 is 16.0 Å². The number of rotatable bonds is 9.